The predicted molar refractivity (Wildman–Crippen MR) is 201 cm³/mol. The van der Waals surface area contributed by atoms with Crippen LogP contribution in [0.15, 0.2) is 72.8 Å². The minimum atomic E-state index is -0.570. The first-order chi connectivity index (χ1) is 23.9. The highest BCUT2D eigenvalue weighted by Gasteiger charge is 2.05. The van der Waals surface area contributed by atoms with Gasteiger partial charge < -0.3 is 36.3 Å². The molecule has 3 rings (SSSR count). The third kappa shape index (κ3) is 26.6. The number of benzene rings is 3. The van der Waals surface area contributed by atoms with E-state index in [1.165, 1.54) is 12.1 Å². The quantitative estimate of drug-likeness (QED) is 0.0450. The molecule has 0 spiro atoms. The average Bonchev–Trinajstić information content (AvgIpc) is 3.07. The smallest absolute Gasteiger partial charge is 0.307 e. The molecule has 0 heterocycles. The highest BCUT2D eigenvalue weighted by molar-refractivity contribution is 5.85. The molecule has 0 aliphatic carbocycles. The van der Waals surface area contributed by atoms with E-state index in [2.05, 4.69) is 15.4 Å². The number of nitro benzene ring substituents is 2. The summed E-state index contributed by atoms with van der Waals surface area (Å²) in [6, 6.07) is 17.7. The average molecular weight is 778 g/mol. The minimum absolute atomic E-state index is 0. The number of carbonyl (C=O) groups is 3. The third-order valence-corrected chi connectivity index (χ3v) is 5.61. The maximum atomic E-state index is 12.1. The molecule has 0 saturated carbocycles. The molecular formula is C33H47Cl2FN6O10. The highest BCUT2D eigenvalue weighted by Crippen LogP contribution is 2.15. The Labute approximate surface area is 313 Å². The molecule has 0 radical (unpaired) electrons. The summed E-state index contributed by atoms with van der Waals surface area (Å²) >= 11 is 0. The van der Waals surface area contributed by atoms with Crippen LogP contribution in [0.25, 0.3) is 0 Å². The summed E-state index contributed by atoms with van der Waals surface area (Å²) in [4.78, 5) is 51.8. The number of esters is 3. The van der Waals surface area contributed by atoms with Gasteiger partial charge in [0, 0.05) is 61.0 Å². The summed E-state index contributed by atoms with van der Waals surface area (Å²) in [6.07, 6.45) is 0.969. The van der Waals surface area contributed by atoms with Gasteiger partial charge in [-0.15, -0.1) is 24.8 Å². The molecule has 0 atom stereocenters. The van der Waals surface area contributed by atoms with E-state index in [0.717, 1.165) is 41.3 Å². The summed E-state index contributed by atoms with van der Waals surface area (Å²) in [6.45, 7) is 7.95. The topological polar surface area (TPSA) is 241 Å². The van der Waals surface area contributed by atoms with Crippen LogP contribution in [0.5, 0.6) is 0 Å². The Morgan fingerprint density at radius 3 is 1.29 bits per heavy atom. The molecular weight excluding hydrogens is 730 g/mol. The normalized spacial score (nSPS) is 9.10. The van der Waals surface area contributed by atoms with Crippen LogP contribution in [-0.2, 0) is 28.6 Å². The van der Waals surface area contributed by atoms with Gasteiger partial charge in [-0.2, -0.15) is 0 Å². The number of carbonyl (C=O) groups excluding carboxylic acids is 3. The van der Waals surface area contributed by atoms with Gasteiger partial charge in [0.05, 0.1) is 48.9 Å². The van der Waals surface area contributed by atoms with Gasteiger partial charge >= 0.3 is 17.9 Å². The molecule has 0 fully saturated rings. The maximum Gasteiger partial charge on any atom is 0.307 e. The van der Waals surface area contributed by atoms with Crippen molar-refractivity contribution in [3.63, 3.8) is 0 Å². The second kappa shape index (κ2) is 31.7. The van der Waals surface area contributed by atoms with Crippen molar-refractivity contribution in [2.45, 2.75) is 40.0 Å². The second-order valence-corrected chi connectivity index (χ2v) is 9.47. The molecule has 6 N–H and O–H groups in total. The van der Waals surface area contributed by atoms with Crippen molar-refractivity contribution < 1.29 is 42.8 Å². The van der Waals surface area contributed by atoms with Gasteiger partial charge in [-0.1, -0.05) is 0 Å². The van der Waals surface area contributed by atoms with E-state index in [1.807, 2.05) is 24.3 Å². The zero-order valence-electron chi connectivity index (χ0n) is 29.1. The van der Waals surface area contributed by atoms with Crippen LogP contribution in [0.3, 0.4) is 0 Å². The minimum Gasteiger partial charge on any atom is -0.466 e. The molecule has 0 aromatic heterocycles. The first-order valence-corrected chi connectivity index (χ1v) is 15.5. The number of ether oxygens (including phenoxy) is 3. The number of nitrogens with two attached hydrogens (primary N) is 2. The zero-order chi connectivity index (χ0) is 37.7. The van der Waals surface area contributed by atoms with Crippen molar-refractivity contribution >= 4 is 71.2 Å². The molecule has 52 heavy (non-hydrogen) atoms. The summed E-state index contributed by atoms with van der Waals surface area (Å²) in [7, 11) is 0. The van der Waals surface area contributed by atoms with Crippen LogP contribution >= 0.6 is 24.8 Å². The van der Waals surface area contributed by atoms with E-state index in [4.69, 9.17) is 20.9 Å². The first kappa shape index (κ1) is 51.1. The Morgan fingerprint density at radius 2 is 0.962 bits per heavy atom. The SMILES string of the molecule is CCOC(=O)CCN.CCOC(=O)CCNc1ccc(N)cc1.CCOC(=O)CCNc1ccc([N+](=O)[O-])cc1.Cl.Cl.O=[N+]([O-])c1ccc(F)cc1. The molecule has 3 aromatic rings. The lowest BCUT2D eigenvalue weighted by Gasteiger charge is -2.06. The molecule has 19 heteroatoms. The molecule has 3 aromatic carbocycles. The number of anilines is 3. The van der Waals surface area contributed by atoms with Crippen LogP contribution in [0.2, 0.25) is 0 Å². The number of nitrogens with zero attached hydrogens (tertiary/aromatic N) is 2. The van der Waals surface area contributed by atoms with Gasteiger partial charge in [-0.05, 0) is 69.3 Å². The molecule has 0 aliphatic heterocycles. The van der Waals surface area contributed by atoms with Crippen LogP contribution in [-0.4, -0.2) is 67.2 Å². The van der Waals surface area contributed by atoms with Crippen molar-refractivity contribution in [3.8, 4) is 0 Å². The van der Waals surface area contributed by atoms with Gasteiger partial charge in [0.2, 0.25) is 0 Å². The monoisotopic (exact) mass is 776 g/mol. The van der Waals surface area contributed by atoms with Crippen molar-refractivity contribution in [2.24, 2.45) is 5.73 Å². The van der Waals surface area contributed by atoms with E-state index in [1.54, 1.807) is 32.9 Å². The van der Waals surface area contributed by atoms with Gasteiger partial charge in [-0.3, -0.25) is 34.6 Å². The summed E-state index contributed by atoms with van der Waals surface area (Å²) in [5.74, 6) is -1.12. The van der Waals surface area contributed by atoms with Crippen LogP contribution in [0, 0.1) is 26.0 Å². The van der Waals surface area contributed by atoms with Gasteiger partial charge in [0.25, 0.3) is 11.4 Å². The number of nitrogen functional groups attached to an aromatic ring is 1. The molecule has 0 amide bonds. The first-order valence-electron chi connectivity index (χ1n) is 15.5. The van der Waals surface area contributed by atoms with E-state index in [0.29, 0.717) is 52.3 Å². The van der Waals surface area contributed by atoms with Gasteiger partial charge in [0.15, 0.2) is 0 Å². The highest BCUT2D eigenvalue weighted by atomic mass is 35.5. The van der Waals surface area contributed by atoms with Crippen molar-refractivity contribution in [2.75, 3.05) is 55.8 Å². The number of nitro groups is 2. The number of rotatable bonds is 15. The summed E-state index contributed by atoms with van der Waals surface area (Å²) in [5.41, 5.74) is 13.0. The van der Waals surface area contributed by atoms with Gasteiger partial charge in [-0.25, -0.2) is 4.39 Å². The van der Waals surface area contributed by atoms with E-state index in [-0.39, 0.29) is 60.5 Å². The number of non-ortho nitro benzene ring substituents is 2. The lowest BCUT2D eigenvalue weighted by Crippen LogP contribution is -2.11. The van der Waals surface area contributed by atoms with Crippen LogP contribution in [0.4, 0.5) is 32.8 Å². The Kier molecular flexibility index (Phi) is 31.2. The Balaban J connectivity index is -0.000000631. The third-order valence-electron chi connectivity index (χ3n) is 5.61. The Bertz CT molecular complexity index is 1430. The fourth-order valence-corrected chi connectivity index (χ4v) is 3.30. The fourth-order valence-electron chi connectivity index (χ4n) is 3.30. The lowest BCUT2D eigenvalue weighted by atomic mass is 10.3. The van der Waals surface area contributed by atoms with Crippen molar-refractivity contribution in [1.82, 2.24) is 0 Å². The summed E-state index contributed by atoms with van der Waals surface area (Å²) in [5, 5.41) is 26.5. The van der Waals surface area contributed by atoms with Crippen LogP contribution < -0.4 is 22.1 Å². The maximum absolute atomic E-state index is 12.1. The Hall–Kier alpha value is -5.26. The lowest BCUT2D eigenvalue weighted by molar-refractivity contribution is -0.385. The van der Waals surface area contributed by atoms with Gasteiger partial charge in [0.1, 0.15) is 5.82 Å². The molecule has 290 valence electrons. The molecule has 16 nitrogen and oxygen atoms in total. The zero-order valence-corrected chi connectivity index (χ0v) is 30.8. The standard InChI is InChI=1S/C11H14N2O4.C11H16N2O2.C6H4FNO2.C5H11NO2.2ClH/c1-2-17-11(14)7-8-12-9-3-5-10(6-4-9)13(15)16;1-2-15-11(14)7-8-13-10-5-3-9(12)4-6-10;7-5-1-3-6(4-2-5)8(9)10;1-2-8-5(7)3-4-6;;/h3-6,12H,2,7-8H2,1H3;3-6,13H,2,7-8,12H2,1H3;1-4H;2-4,6H2,1H3;2*1H. The molecule has 0 aliphatic rings. The number of hydrogen-bond donors (Lipinski definition) is 4. The van der Waals surface area contributed by atoms with E-state index < -0.39 is 15.7 Å². The predicted octanol–water partition coefficient (Wildman–Crippen LogP) is 6.07. The van der Waals surface area contributed by atoms with E-state index in [9.17, 15) is 39.0 Å². The van der Waals surface area contributed by atoms with E-state index >= 15 is 0 Å². The molecule has 0 bridgehead atoms. The summed E-state index contributed by atoms with van der Waals surface area (Å²) < 4.78 is 26.3. The molecule has 0 saturated heterocycles. The van der Waals surface area contributed by atoms with Crippen molar-refractivity contribution in [3.05, 3.63) is 98.8 Å². The number of nitrogens with one attached hydrogen (secondary N) is 2. The number of hydrogen-bond acceptors (Lipinski definition) is 14. The largest absolute Gasteiger partial charge is 0.466 e. The van der Waals surface area contributed by atoms with Crippen molar-refractivity contribution in [1.29, 1.82) is 0 Å². The number of halogens is 3. The second-order valence-electron chi connectivity index (χ2n) is 9.47. The Morgan fingerprint density at radius 1 is 0.635 bits per heavy atom. The fraction of sp³-hybridized carbons (Fsp3) is 0.364. The van der Waals surface area contributed by atoms with Crippen LogP contribution in [0.1, 0.15) is 40.0 Å². The molecule has 0 unspecified atom stereocenters.